The van der Waals surface area contributed by atoms with Crippen LogP contribution in [0.25, 0.3) is 0 Å². The number of carbonyl (C=O) groups is 5. The highest BCUT2D eigenvalue weighted by Gasteiger charge is 2.30. The average Bonchev–Trinajstić information content (AvgIpc) is 2.73. The Hall–Kier alpha value is -4.56. The highest BCUT2D eigenvalue weighted by atomic mass is 16.5. The summed E-state index contributed by atoms with van der Waals surface area (Å²) in [7, 11) is 1.22. The molecule has 0 aliphatic carbocycles. The zero-order valence-corrected chi connectivity index (χ0v) is 17.2. The highest BCUT2D eigenvalue weighted by molar-refractivity contribution is 6.17. The fraction of sp³-hybridized carbons (Fsp3) is 0.333. The van der Waals surface area contributed by atoms with E-state index in [9.17, 15) is 24.0 Å². The van der Waals surface area contributed by atoms with Crippen molar-refractivity contribution in [2.45, 2.75) is 25.3 Å². The van der Waals surface area contributed by atoms with Crippen molar-refractivity contribution in [3.8, 4) is 5.88 Å². The van der Waals surface area contributed by atoms with Gasteiger partial charge in [0.15, 0.2) is 0 Å². The maximum absolute atomic E-state index is 12.4. The van der Waals surface area contributed by atoms with Crippen LogP contribution in [-0.2, 0) is 19.2 Å². The minimum absolute atomic E-state index is 0.0548. The Morgan fingerprint density at radius 2 is 2.00 bits per heavy atom. The van der Waals surface area contributed by atoms with Gasteiger partial charge in [-0.3, -0.25) is 29.9 Å². The molecule has 2 heterocycles. The number of aliphatic carboxylic acids is 2. The normalized spacial score (nSPS) is 16.2. The summed E-state index contributed by atoms with van der Waals surface area (Å²) in [5.74, 6) is -6.71. The lowest BCUT2D eigenvalue weighted by Crippen LogP contribution is -2.47. The molecule has 0 bridgehead atoms. The first-order valence-electron chi connectivity index (χ1n) is 9.35. The van der Waals surface area contributed by atoms with E-state index in [1.807, 2.05) is 0 Å². The molecule has 2 atom stereocenters. The van der Waals surface area contributed by atoms with Gasteiger partial charge in [0.2, 0.25) is 23.7 Å². The van der Waals surface area contributed by atoms with E-state index in [4.69, 9.17) is 26.1 Å². The Kier molecular flexibility index (Phi) is 7.97. The van der Waals surface area contributed by atoms with Crippen LogP contribution in [0.3, 0.4) is 0 Å². The maximum atomic E-state index is 12.4. The largest absolute Gasteiger partial charge is 0.481 e. The van der Waals surface area contributed by atoms with Gasteiger partial charge in [-0.05, 0) is 18.6 Å². The molecule has 2 rings (SSSR count). The SMILES string of the molecule is COc1nc(C(=O)N[C@@H](CCC(=O)O)C(=O)O)ccc1NC(=O)CC1C(=O)NC(=N)N=C1N. The van der Waals surface area contributed by atoms with Crippen LogP contribution in [0.5, 0.6) is 5.88 Å². The third-order valence-corrected chi connectivity index (χ3v) is 4.36. The lowest BCUT2D eigenvalue weighted by Gasteiger charge is -2.20. The molecular formula is C18H21N7O8. The third kappa shape index (κ3) is 6.71. The molecule has 0 fully saturated rings. The topological polar surface area (TPSA) is 246 Å². The maximum Gasteiger partial charge on any atom is 0.326 e. The van der Waals surface area contributed by atoms with Gasteiger partial charge in [0.05, 0.1) is 7.11 Å². The Labute approximate surface area is 185 Å². The number of nitrogens with one attached hydrogen (secondary N) is 4. The van der Waals surface area contributed by atoms with E-state index in [1.165, 1.54) is 19.2 Å². The van der Waals surface area contributed by atoms with Crippen LogP contribution in [0.1, 0.15) is 29.8 Å². The molecule has 176 valence electrons. The number of aromatic nitrogens is 1. The Morgan fingerprint density at radius 1 is 1.30 bits per heavy atom. The van der Waals surface area contributed by atoms with Crippen LogP contribution in [0, 0.1) is 11.3 Å². The molecule has 15 nitrogen and oxygen atoms in total. The summed E-state index contributed by atoms with van der Waals surface area (Å²) in [4.78, 5) is 66.1. The molecule has 0 aromatic carbocycles. The van der Waals surface area contributed by atoms with E-state index in [0.29, 0.717) is 0 Å². The average molecular weight is 463 g/mol. The second kappa shape index (κ2) is 10.7. The molecule has 1 aliphatic heterocycles. The van der Waals surface area contributed by atoms with Crippen LogP contribution in [0.2, 0.25) is 0 Å². The number of methoxy groups -OCH3 is 1. The summed E-state index contributed by atoms with van der Waals surface area (Å²) in [6.07, 6.45) is -1.18. The van der Waals surface area contributed by atoms with Gasteiger partial charge < -0.3 is 31.3 Å². The van der Waals surface area contributed by atoms with Crippen molar-refractivity contribution >= 4 is 47.1 Å². The molecule has 15 heteroatoms. The van der Waals surface area contributed by atoms with Gasteiger partial charge in [-0.15, -0.1) is 0 Å². The summed E-state index contributed by atoms with van der Waals surface area (Å²) in [6, 6.07) is 1.02. The number of hydrogen-bond donors (Lipinski definition) is 7. The molecule has 3 amide bonds. The van der Waals surface area contributed by atoms with Crippen molar-refractivity contribution in [3.63, 3.8) is 0 Å². The van der Waals surface area contributed by atoms with E-state index in [0.717, 1.165) is 0 Å². The Morgan fingerprint density at radius 3 is 2.58 bits per heavy atom. The van der Waals surface area contributed by atoms with Gasteiger partial charge in [-0.2, -0.15) is 4.99 Å². The predicted molar refractivity (Wildman–Crippen MR) is 111 cm³/mol. The molecule has 8 N–H and O–H groups in total. The molecule has 0 radical (unpaired) electrons. The molecule has 33 heavy (non-hydrogen) atoms. The zero-order valence-electron chi connectivity index (χ0n) is 17.2. The second-order valence-corrected chi connectivity index (χ2v) is 6.73. The van der Waals surface area contributed by atoms with Gasteiger partial charge >= 0.3 is 11.9 Å². The number of aliphatic imine (C=N–C) groups is 1. The van der Waals surface area contributed by atoms with Gasteiger partial charge in [-0.25, -0.2) is 9.78 Å². The van der Waals surface area contributed by atoms with E-state index in [2.05, 4.69) is 25.9 Å². The molecule has 1 aromatic rings. The van der Waals surface area contributed by atoms with Crippen LogP contribution in [-0.4, -0.2) is 69.8 Å². The van der Waals surface area contributed by atoms with Gasteiger partial charge in [0.1, 0.15) is 29.2 Å². The number of ether oxygens (including phenoxy) is 1. The lowest BCUT2D eigenvalue weighted by atomic mass is 10.0. The number of rotatable bonds is 10. The Balaban J connectivity index is 2.10. The number of nitrogens with zero attached hydrogens (tertiary/aromatic N) is 2. The van der Waals surface area contributed by atoms with Crippen LogP contribution < -0.4 is 26.4 Å². The molecular weight excluding hydrogens is 442 g/mol. The fourth-order valence-electron chi connectivity index (χ4n) is 2.73. The van der Waals surface area contributed by atoms with Crippen molar-refractivity contribution in [2.24, 2.45) is 16.6 Å². The molecule has 0 spiro atoms. The smallest absolute Gasteiger partial charge is 0.326 e. The van der Waals surface area contributed by atoms with Crippen LogP contribution in [0.4, 0.5) is 5.69 Å². The van der Waals surface area contributed by atoms with E-state index in [-0.39, 0.29) is 35.9 Å². The minimum atomic E-state index is -1.45. The third-order valence-electron chi connectivity index (χ3n) is 4.36. The first kappa shape index (κ1) is 24.7. The van der Waals surface area contributed by atoms with E-state index >= 15 is 0 Å². The number of guanidine groups is 1. The number of hydrogen-bond acceptors (Lipinski definition) is 9. The van der Waals surface area contributed by atoms with E-state index in [1.54, 1.807) is 0 Å². The van der Waals surface area contributed by atoms with Crippen LogP contribution >= 0.6 is 0 Å². The van der Waals surface area contributed by atoms with Crippen molar-refractivity contribution in [1.29, 1.82) is 5.41 Å². The number of amides is 3. The van der Waals surface area contributed by atoms with Crippen molar-refractivity contribution in [3.05, 3.63) is 17.8 Å². The highest BCUT2D eigenvalue weighted by Crippen LogP contribution is 2.23. The second-order valence-electron chi connectivity index (χ2n) is 6.73. The zero-order chi connectivity index (χ0) is 24.7. The number of carboxylic acid groups (broad SMARTS) is 2. The van der Waals surface area contributed by atoms with E-state index < -0.39 is 54.0 Å². The first-order chi connectivity index (χ1) is 15.5. The first-order valence-corrected chi connectivity index (χ1v) is 9.35. The van der Waals surface area contributed by atoms with Crippen molar-refractivity contribution in [2.75, 3.05) is 12.4 Å². The fourth-order valence-corrected chi connectivity index (χ4v) is 2.73. The molecule has 1 unspecified atom stereocenters. The summed E-state index contributed by atoms with van der Waals surface area (Å²) in [6.45, 7) is 0. The standard InChI is InChI=1S/C18H21N7O8/c1-33-16-9(21-11(26)6-7-13(19)24-18(20)25-14(7)29)3-2-8(23-16)15(30)22-10(17(31)32)4-5-12(27)28/h2-3,7,10H,4-6H2,1H3,(H,21,26)(H,22,30)(H,27,28)(H,31,32)(H4,19,20,24,25,29)/t7?,10-/m0/s1. The van der Waals surface area contributed by atoms with Crippen LogP contribution in [0.15, 0.2) is 17.1 Å². The Bertz CT molecular complexity index is 1040. The number of anilines is 1. The number of amidine groups is 1. The van der Waals surface area contributed by atoms with Gasteiger partial charge in [0, 0.05) is 12.8 Å². The number of carboxylic acids is 2. The number of nitrogens with two attached hydrogens (primary N) is 1. The lowest BCUT2D eigenvalue weighted by molar-refractivity contribution is -0.140. The summed E-state index contributed by atoms with van der Waals surface area (Å²) in [5, 5.41) is 31.9. The quantitative estimate of drug-likeness (QED) is 0.212. The molecule has 1 aromatic heterocycles. The summed E-state index contributed by atoms with van der Waals surface area (Å²) >= 11 is 0. The van der Waals surface area contributed by atoms with Gasteiger partial charge in [0.25, 0.3) is 5.91 Å². The molecule has 1 aliphatic rings. The summed E-state index contributed by atoms with van der Waals surface area (Å²) < 4.78 is 5.06. The van der Waals surface area contributed by atoms with Crippen molar-refractivity contribution < 1.29 is 38.9 Å². The molecule has 0 saturated carbocycles. The predicted octanol–water partition coefficient (Wildman–Crippen LogP) is -1.50. The molecule has 0 saturated heterocycles. The number of carbonyl (C=O) groups excluding carboxylic acids is 3. The monoisotopic (exact) mass is 463 g/mol. The van der Waals surface area contributed by atoms with Gasteiger partial charge in [-0.1, -0.05) is 0 Å². The van der Waals surface area contributed by atoms with Crippen molar-refractivity contribution in [1.82, 2.24) is 15.6 Å². The number of pyridine rings is 1. The minimum Gasteiger partial charge on any atom is -0.481 e. The summed E-state index contributed by atoms with van der Waals surface area (Å²) in [5.41, 5.74) is 5.43.